The van der Waals surface area contributed by atoms with Gasteiger partial charge in [-0.3, -0.25) is 15.1 Å². The van der Waals surface area contributed by atoms with Crippen molar-refractivity contribution >= 4 is 27.6 Å². The number of benzene rings is 1. The number of nitrogens with two attached hydrogens (primary N) is 1. The summed E-state index contributed by atoms with van der Waals surface area (Å²) in [6.07, 6.45) is 4.92. The lowest BCUT2D eigenvalue weighted by Gasteiger charge is -2.03. The van der Waals surface area contributed by atoms with Gasteiger partial charge in [0, 0.05) is 46.7 Å². The number of nitrogens with zero attached hydrogens (tertiary/aromatic N) is 4. The maximum Gasteiger partial charge on any atom is 0.135 e. The van der Waals surface area contributed by atoms with E-state index in [2.05, 4.69) is 25.1 Å². The van der Waals surface area contributed by atoms with Crippen LogP contribution < -0.4 is 5.73 Å². The van der Waals surface area contributed by atoms with Crippen molar-refractivity contribution in [2.24, 2.45) is 0 Å². The molecule has 160 valence electrons. The Bertz CT molecular complexity index is 1650. The Morgan fingerprint density at radius 2 is 1.82 bits per heavy atom. The van der Waals surface area contributed by atoms with Gasteiger partial charge >= 0.3 is 0 Å². The highest BCUT2D eigenvalue weighted by molar-refractivity contribution is 5.99. The maximum atomic E-state index is 13.9. The molecule has 0 amide bonds. The van der Waals surface area contributed by atoms with E-state index in [4.69, 9.17) is 10.7 Å². The minimum Gasteiger partial charge on any atom is -0.508 e. The number of anilines is 1. The Hall–Kier alpha value is -4.79. The first-order chi connectivity index (χ1) is 16.0. The van der Waals surface area contributed by atoms with E-state index in [0.29, 0.717) is 28.2 Å². The molecule has 1 aromatic carbocycles. The lowest BCUT2D eigenvalue weighted by atomic mass is 10.1. The van der Waals surface area contributed by atoms with Gasteiger partial charge in [0.25, 0.3) is 0 Å². The van der Waals surface area contributed by atoms with Crippen molar-refractivity contribution in [2.45, 2.75) is 0 Å². The Kier molecular flexibility index (Phi) is 4.09. The zero-order chi connectivity index (χ0) is 22.5. The van der Waals surface area contributed by atoms with E-state index in [0.717, 1.165) is 39.4 Å². The molecular formula is C24H16FN7O. The molecule has 0 radical (unpaired) electrons. The Morgan fingerprint density at radius 3 is 2.67 bits per heavy atom. The van der Waals surface area contributed by atoms with Crippen molar-refractivity contribution in [1.82, 2.24) is 30.1 Å². The number of rotatable bonds is 3. The molecule has 0 bridgehead atoms. The summed E-state index contributed by atoms with van der Waals surface area (Å²) in [4.78, 5) is 16.7. The predicted molar refractivity (Wildman–Crippen MR) is 124 cm³/mol. The number of halogens is 1. The van der Waals surface area contributed by atoms with Gasteiger partial charge < -0.3 is 15.8 Å². The van der Waals surface area contributed by atoms with Gasteiger partial charge in [-0.2, -0.15) is 5.10 Å². The number of aromatic amines is 2. The number of hydrogen-bond donors (Lipinski definition) is 4. The van der Waals surface area contributed by atoms with Crippen LogP contribution in [0.2, 0.25) is 0 Å². The fraction of sp³-hybridized carbons (Fsp3) is 0. The first-order valence-electron chi connectivity index (χ1n) is 10.1. The zero-order valence-corrected chi connectivity index (χ0v) is 17.0. The number of nitrogens with one attached hydrogen (secondary N) is 2. The SMILES string of the molecule is Nc1cncc(-c2ccc3[nH]nc(-c4cc5c(-c6cc(O)cc(F)c6)nccc5[nH]4)c3n2)c1. The lowest BCUT2D eigenvalue weighted by Crippen LogP contribution is -1.90. The Balaban J connectivity index is 1.51. The highest BCUT2D eigenvalue weighted by Crippen LogP contribution is 2.34. The molecule has 8 nitrogen and oxygen atoms in total. The molecule has 0 saturated carbocycles. The molecule has 33 heavy (non-hydrogen) atoms. The number of H-pyrrole nitrogens is 2. The van der Waals surface area contributed by atoms with Gasteiger partial charge in [0.05, 0.1) is 28.3 Å². The molecule has 9 heteroatoms. The average Bonchev–Trinajstić information content (AvgIpc) is 3.41. The fourth-order valence-electron chi connectivity index (χ4n) is 3.97. The number of pyridine rings is 3. The Labute approximate surface area is 186 Å². The van der Waals surface area contributed by atoms with Crippen LogP contribution in [-0.4, -0.2) is 35.2 Å². The number of fused-ring (bicyclic) bond motifs is 2. The highest BCUT2D eigenvalue weighted by atomic mass is 19.1. The number of phenols is 1. The second kappa shape index (κ2) is 7.13. The van der Waals surface area contributed by atoms with E-state index in [9.17, 15) is 9.50 Å². The maximum absolute atomic E-state index is 13.9. The quantitative estimate of drug-likeness (QED) is 0.319. The fourth-order valence-corrected chi connectivity index (χ4v) is 3.97. The van der Waals surface area contributed by atoms with Gasteiger partial charge in [0.2, 0.25) is 0 Å². The van der Waals surface area contributed by atoms with Crippen LogP contribution in [0.1, 0.15) is 0 Å². The van der Waals surface area contributed by atoms with Crippen molar-refractivity contribution in [3.8, 4) is 39.7 Å². The second-order valence-corrected chi connectivity index (χ2v) is 7.67. The summed E-state index contributed by atoms with van der Waals surface area (Å²) >= 11 is 0. The normalized spacial score (nSPS) is 11.4. The molecule has 5 N–H and O–H groups in total. The van der Waals surface area contributed by atoms with Crippen LogP contribution in [-0.2, 0) is 0 Å². The zero-order valence-electron chi connectivity index (χ0n) is 17.0. The number of nitrogen functional groups attached to an aromatic ring is 1. The molecule has 0 aliphatic heterocycles. The van der Waals surface area contributed by atoms with E-state index >= 15 is 0 Å². The standard InChI is InChI=1S/C24H16FN7O/c25-14-5-12(7-16(33)8-14)22-17-9-21(29-19(17)3-4-28-22)24-23-20(31-32-24)2-1-18(30-23)13-6-15(26)11-27-10-13/h1-11,29,33H,26H2,(H,31,32). The van der Waals surface area contributed by atoms with E-state index < -0.39 is 5.82 Å². The van der Waals surface area contributed by atoms with Crippen LogP contribution >= 0.6 is 0 Å². The molecule has 0 fully saturated rings. The molecule has 6 rings (SSSR count). The highest BCUT2D eigenvalue weighted by Gasteiger charge is 2.16. The van der Waals surface area contributed by atoms with E-state index in [1.807, 2.05) is 30.3 Å². The summed E-state index contributed by atoms with van der Waals surface area (Å²) in [6, 6.07) is 13.2. The summed E-state index contributed by atoms with van der Waals surface area (Å²) in [7, 11) is 0. The Morgan fingerprint density at radius 1 is 0.909 bits per heavy atom. The summed E-state index contributed by atoms with van der Waals surface area (Å²) in [6.45, 7) is 0. The average molecular weight is 437 g/mol. The third kappa shape index (κ3) is 3.23. The van der Waals surface area contributed by atoms with Gasteiger partial charge in [-0.05, 0) is 42.5 Å². The summed E-state index contributed by atoms with van der Waals surface area (Å²) in [5, 5.41) is 18.1. The number of aromatic nitrogens is 6. The van der Waals surface area contributed by atoms with Gasteiger partial charge in [-0.1, -0.05) is 0 Å². The summed E-state index contributed by atoms with van der Waals surface area (Å²) in [5.74, 6) is -0.698. The molecule has 0 atom stereocenters. The van der Waals surface area contributed by atoms with Crippen LogP contribution in [0.15, 0.2) is 67.1 Å². The van der Waals surface area contributed by atoms with Gasteiger partial charge in [-0.25, -0.2) is 9.37 Å². The molecule has 0 saturated heterocycles. The number of aromatic hydroxyl groups is 1. The second-order valence-electron chi connectivity index (χ2n) is 7.67. The van der Waals surface area contributed by atoms with Gasteiger partial charge in [0.15, 0.2) is 0 Å². The van der Waals surface area contributed by atoms with E-state index in [-0.39, 0.29) is 5.75 Å². The molecule has 5 aromatic heterocycles. The minimum atomic E-state index is -0.536. The largest absolute Gasteiger partial charge is 0.508 e. The van der Waals surface area contributed by atoms with Crippen LogP contribution in [0.5, 0.6) is 5.75 Å². The van der Waals surface area contributed by atoms with Crippen LogP contribution in [0.3, 0.4) is 0 Å². The molecular weight excluding hydrogens is 421 g/mol. The van der Waals surface area contributed by atoms with Crippen LogP contribution in [0.25, 0.3) is 55.8 Å². The molecule has 0 spiro atoms. The van der Waals surface area contributed by atoms with Gasteiger partial charge in [0.1, 0.15) is 22.8 Å². The molecule has 5 heterocycles. The van der Waals surface area contributed by atoms with Crippen molar-refractivity contribution < 1.29 is 9.50 Å². The van der Waals surface area contributed by atoms with Gasteiger partial charge in [-0.15, -0.1) is 0 Å². The topological polar surface area (TPSA) is 129 Å². The molecule has 6 aromatic rings. The molecule has 0 aliphatic rings. The smallest absolute Gasteiger partial charge is 0.135 e. The minimum absolute atomic E-state index is 0.161. The van der Waals surface area contributed by atoms with Crippen LogP contribution in [0.4, 0.5) is 10.1 Å². The van der Waals surface area contributed by atoms with Crippen LogP contribution in [0, 0.1) is 5.82 Å². The van der Waals surface area contributed by atoms with Crippen molar-refractivity contribution in [3.05, 3.63) is 72.9 Å². The summed E-state index contributed by atoms with van der Waals surface area (Å²) < 4.78 is 13.9. The first kappa shape index (κ1) is 18.9. The van der Waals surface area contributed by atoms with Crippen molar-refractivity contribution in [2.75, 3.05) is 5.73 Å². The molecule has 0 unspecified atom stereocenters. The monoisotopic (exact) mass is 437 g/mol. The van der Waals surface area contributed by atoms with Crippen molar-refractivity contribution in [1.29, 1.82) is 0 Å². The lowest BCUT2D eigenvalue weighted by molar-refractivity contribution is 0.469. The first-order valence-corrected chi connectivity index (χ1v) is 10.1. The predicted octanol–water partition coefficient (Wildman–Crippen LogP) is 4.66. The third-order valence-corrected chi connectivity index (χ3v) is 5.42. The third-order valence-electron chi connectivity index (χ3n) is 5.42. The van der Waals surface area contributed by atoms with E-state index in [1.54, 1.807) is 18.6 Å². The van der Waals surface area contributed by atoms with Crippen molar-refractivity contribution in [3.63, 3.8) is 0 Å². The number of phenolic OH excluding ortho intramolecular Hbond substituents is 1. The summed E-state index contributed by atoms with van der Waals surface area (Å²) in [5.41, 5.74) is 12.6. The number of hydrogen-bond acceptors (Lipinski definition) is 6. The van der Waals surface area contributed by atoms with E-state index in [1.165, 1.54) is 12.1 Å². The molecule has 0 aliphatic carbocycles.